The number of nitrogens with one attached hydrogen (secondary N) is 1. The van der Waals surface area contributed by atoms with E-state index in [9.17, 15) is 4.79 Å². The average molecular weight is 223 g/mol. The van der Waals surface area contributed by atoms with Gasteiger partial charge < -0.3 is 15.6 Å². The Balaban J connectivity index is 2.09. The summed E-state index contributed by atoms with van der Waals surface area (Å²) >= 11 is 0. The highest BCUT2D eigenvalue weighted by molar-refractivity contribution is 5.93. The predicted molar refractivity (Wildman–Crippen MR) is 59.0 cm³/mol. The van der Waals surface area contributed by atoms with E-state index in [1.165, 1.54) is 0 Å². The average Bonchev–Trinajstić information content (AvgIpc) is 2.87. The molecule has 0 bridgehead atoms. The van der Waals surface area contributed by atoms with Crippen molar-refractivity contribution < 1.29 is 9.32 Å². The van der Waals surface area contributed by atoms with Gasteiger partial charge in [-0.1, -0.05) is 18.0 Å². The Morgan fingerprint density at radius 1 is 1.62 bits per heavy atom. The number of nitrogens with two attached hydrogens (primary N) is 1. The Morgan fingerprint density at radius 2 is 2.31 bits per heavy atom. The molecule has 5 heteroatoms. The van der Waals surface area contributed by atoms with E-state index in [-0.39, 0.29) is 11.4 Å². The zero-order chi connectivity index (χ0) is 11.6. The van der Waals surface area contributed by atoms with Crippen molar-refractivity contribution in [1.29, 1.82) is 0 Å². The van der Waals surface area contributed by atoms with Crippen molar-refractivity contribution in [3.63, 3.8) is 0 Å². The zero-order valence-corrected chi connectivity index (χ0v) is 9.45. The molecule has 16 heavy (non-hydrogen) atoms. The first-order valence-corrected chi connectivity index (χ1v) is 5.61. The summed E-state index contributed by atoms with van der Waals surface area (Å²) in [7, 11) is 0. The molecule has 1 aromatic rings. The number of carbonyl (C=O) groups is 1. The molecule has 0 radical (unpaired) electrons. The van der Waals surface area contributed by atoms with E-state index >= 15 is 0 Å². The lowest BCUT2D eigenvalue weighted by Crippen LogP contribution is -2.51. The van der Waals surface area contributed by atoms with E-state index in [1.54, 1.807) is 13.1 Å². The summed E-state index contributed by atoms with van der Waals surface area (Å²) in [4.78, 5) is 11.9. The SMILES string of the molecule is Cc1cnoc1C(=O)NC1(CN)CCCC1. The molecule has 2 rings (SSSR count). The van der Waals surface area contributed by atoms with E-state index in [1.807, 2.05) is 0 Å². The van der Waals surface area contributed by atoms with Crippen LogP contribution in [0.4, 0.5) is 0 Å². The highest BCUT2D eigenvalue weighted by atomic mass is 16.5. The summed E-state index contributed by atoms with van der Waals surface area (Å²) in [6, 6.07) is 0. The summed E-state index contributed by atoms with van der Waals surface area (Å²) < 4.78 is 4.92. The Bertz CT molecular complexity index is 380. The van der Waals surface area contributed by atoms with Crippen molar-refractivity contribution >= 4 is 5.91 Å². The molecule has 1 aromatic heterocycles. The van der Waals surface area contributed by atoms with Crippen LogP contribution in [0.3, 0.4) is 0 Å². The van der Waals surface area contributed by atoms with Gasteiger partial charge >= 0.3 is 0 Å². The summed E-state index contributed by atoms with van der Waals surface area (Å²) in [5, 5.41) is 6.59. The molecule has 0 spiro atoms. The van der Waals surface area contributed by atoms with Crippen molar-refractivity contribution in [1.82, 2.24) is 10.5 Å². The van der Waals surface area contributed by atoms with Crippen LogP contribution in [-0.2, 0) is 0 Å². The number of rotatable bonds is 3. The Kier molecular flexibility index (Phi) is 2.96. The van der Waals surface area contributed by atoms with Gasteiger partial charge in [-0.2, -0.15) is 0 Å². The third-order valence-corrected chi connectivity index (χ3v) is 3.28. The van der Waals surface area contributed by atoms with Crippen LogP contribution < -0.4 is 11.1 Å². The van der Waals surface area contributed by atoms with Crippen molar-refractivity contribution in [3.8, 4) is 0 Å². The fourth-order valence-corrected chi connectivity index (χ4v) is 2.24. The van der Waals surface area contributed by atoms with Gasteiger partial charge in [0.1, 0.15) is 0 Å². The Labute approximate surface area is 94.4 Å². The lowest BCUT2D eigenvalue weighted by molar-refractivity contribution is 0.0864. The normalized spacial score (nSPS) is 18.6. The summed E-state index contributed by atoms with van der Waals surface area (Å²) in [6.45, 7) is 2.28. The molecule has 88 valence electrons. The summed E-state index contributed by atoms with van der Waals surface area (Å²) in [5.74, 6) is 0.0853. The van der Waals surface area contributed by atoms with E-state index in [4.69, 9.17) is 10.3 Å². The maximum Gasteiger partial charge on any atom is 0.290 e. The number of hydrogen-bond acceptors (Lipinski definition) is 4. The lowest BCUT2D eigenvalue weighted by Gasteiger charge is -2.28. The maximum absolute atomic E-state index is 11.9. The highest BCUT2D eigenvalue weighted by Gasteiger charge is 2.35. The molecule has 0 atom stereocenters. The van der Waals surface area contributed by atoms with Gasteiger partial charge in [-0.05, 0) is 19.8 Å². The quantitative estimate of drug-likeness (QED) is 0.800. The lowest BCUT2D eigenvalue weighted by atomic mass is 9.97. The van der Waals surface area contributed by atoms with Crippen molar-refractivity contribution in [2.45, 2.75) is 38.1 Å². The molecule has 5 nitrogen and oxygen atoms in total. The molecule has 3 N–H and O–H groups in total. The molecule has 1 aliphatic rings. The molecule has 1 aliphatic carbocycles. The van der Waals surface area contributed by atoms with Gasteiger partial charge in [0.2, 0.25) is 5.76 Å². The molecule has 1 amide bonds. The maximum atomic E-state index is 11.9. The molecule has 0 aliphatic heterocycles. The molecular weight excluding hydrogens is 206 g/mol. The van der Waals surface area contributed by atoms with Crippen LogP contribution in [0.2, 0.25) is 0 Å². The van der Waals surface area contributed by atoms with E-state index < -0.39 is 0 Å². The topological polar surface area (TPSA) is 81.2 Å². The van der Waals surface area contributed by atoms with E-state index in [0.29, 0.717) is 12.3 Å². The standard InChI is InChI=1S/C11H17N3O2/c1-8-6-13-16-9(8)10(15)14-11(7-12)4-2-3-5-11/h6H,2-5,7,12H2,1H3,(H,14,15). The van der Waals surface area contributed by atoms with Gasteiger partial charge in [0.15, 0.2) is 0 Å². The molecule has 0 unspecified atom stereocenters. The number of aryl methyl sites for hydroxylation is 1. The van der Waals surface area contributed by atoms with E-state index in [0.717, 1.165) is 31.2 Å². The fourth-order valence-electron chi connectivity index (χ4n) is 2.24. The first-order valence-electron chi connectivity index (χ1n) is 5.61. The van der Waals surface area contributed by atoms with Crippen LogP contribution in [0.1, 0.15) is 41.8 Å². The van der Waals surface area contributed by atoms with Gasteiger partial charge in [-0.3, -0.25) is 4.79 Å². The fraction of sp³-hybridized carbons (Fsp3) is 0.636. The minimum atomic E-state index is -0.240. The minimum Gasteiger partial charge on any atom is -0.351 e. The monoisotopic (exact) mass is 223 g/mol. The van der Waals surface area contributed by atoms with Crippen molar-refractivity contribution in [2.75, 3.05) is 6.54 Å². The number of amides is 1. The highest BCUT2D eigenvalue weighted by Crippen LogP contribution is 2.29. The van der Waals surface area contributed by atoms with Gasteiger partial charge in [0.05, 0.1) is 11.7 Å². The Hall–Kier alpha value is -1.36. The largest absolute Gasteiger partial charge is 0.351 e. The Morgan fingerprint density at radius 3 is 2.81 bits per heavy atom. The smallest absolute Gasteiger partial charge is 0.290 e. The van der Waals surface area contributed by atoms with Crippen LogP contribution in [0.15, 0.2) is 10.7 Å². The number of aromatic nitrogens is 1. The molecule has 1 heterocycles. The minimum absolute atomic E-state index is 0.206. The first kappa shape index (κ1) is 11.1. The van der Waals surface area contributed by atoms with Crippen LogP contribution >= 0.6 is 0 Å². The predicted octanol–water partition coefficient (Wildman–Crippen LogP) is 0.984. The number of carbonyl (C=O) groups excluding carboxylic acids is 1. The first-order chi connectivity index (χ1) is 7.67. The van der Waals surface area contributed by atoms with Crippen LogP contribution in [-0.4, -0.2) is 23.1 Å². The van der Waals surface area contributed by atoms with Gasteiger partial charge in [0.25, 0.3) is 5.91 Å². The summed E-state index contributed by atoms with van der Waals surface area (Å²) in [5.41, 5.74) is 6.26. The van der Waals surface area contributed by atoms with Crippen LogP contribution in [0.25, 0.3) is 0 Å². The molecule has 0 aromatic carbocycles. The second-order valence-corrected chi connectivity index (χ2v) is 4.48. The van der Waals surface area contributed by atoms with Crippen molar-refractivity contribution in [2.24, 2.45) is 5.73 Å². The van der Waals surface area contributed by atoms with Gasteiger partial charge in [-0.25, -0.2) is 0 Å². The molecule has 1 fully saturated rings. The van der Waals surface area contributed by atoms with Crippen LogP contribution in [0, 0.1) is 6.92 Å². The molecular formula is C11H17N3O2. The third-order valence-electron chi connectivity index (χ3n) is 3.28. The number of nitrogens with zero attached hydrogens (tertiary/aromatic N) is 1. The second kappa shape index (κ2) is 4.25. The second-order valence-electron chi connectivity index (χ2n) is 4.48. The zero-order valence-electron chi connectivity index (χ0n) is 9.45. The van der Waals surface area contributed by atoms with E-state index in [2.05, 4.69) is 10.5 Å². The molecule has 1 saturated carbocycles. The van der Waals surface area contributed by atoms with Gasteiger partial charge in [-0.15, -0.1) is 0 Å². The van der Waals surface area contributed by atoms with Gasteiger partial charge in [0, 0.05) is 12.1 Å². The summed E-state index contributed by atoms with van der Waals surface area (Å²) in [6.07, 6.45) is 5.67. The third kappa shape index (κ3) is 1.95. The van der Waals surface area contributed by atoms with Crippen LogP contribution in [0.5, 0.6) is 0 Å². The van der Waals surface area contributed by atoms with Crippen molar-refractivity contribution in [3.05, 3.63) is 17.5 Å². The molecule has 0 saturated heterocycles. The number of hydrogen-bond donors (Lipinski definition) is 2.